The highest BCUT2D eigenvalue weighted by Crippen LogP contribution is 2.30. The maximum Gasteiger partial charge on any atom is 0.416 e. The molecule has 144 valence electrons. The number of ether oxygens (including phenoxy) is 2. The van der Waals surface area contributed by atoms with Crippen molar-refractivity contribution < 1.29 is 27.4 Å². The SMILES string of the molecule is O=C(C1CNCCO1)N1CCCC(COc2ccc(C(F)(F)F)cc2)C1. The molecule has 1 aromatic rings. The maximum absolute atomic E-state index is 12.6. The first kappa shape index (κ1) is 19.0. The summed E-state index contributed by atoms with van der Waals surface area (Å²) in [5.41, 5.74) is -0.694. The molecule has 2 unspecified atom stereocenters. The lowest BCUT2D eigenvalue weighted by Crippen LogP contribution is -2.52. The summed E-state index contributed by atoms with van der Waals surface area (Å²) < 4.78 is 48.9. The van der Waals surface area contributed by atoms with Crippen LogP contribution in [-0.2, 0) is 15.7 Å². The lowest BCUT2D eigenvalue weighted by atomic mass is 9.98. The van der Waals surface area contributed by atoms with Gasteiger partial charge in [0, 0.05) is 32.1 Å². The predicted octanol–water partition coefficient (Wildman–Crippen LogP) is 2.31. The molecule has 5 nitrogen and oxygen atoms in total. The third-order valence-corrected chi connectivity index (χ3v) is 4.70. The number of carbonyl (C=O) groups excluding carboxylic acids is 1. The molecule has 2 saturated heterocycles. The first-order chi connectivity index (χ1) is 12.4. The monoisotopic (exact) mass is 372 g/mol. The van der Waals surface area contributed by atoms with Gasteiger partial charge in [-0.1, -0.05) is 0 Å². The van der Waals surface area contributed by atoms with Gasteiger partial charge in [-0.15, -0.1) is 0 Å². The van der Waals surface area contributed by atoms with Crippen molar-refractivity contribution in [1.82, 2.24) is 10.2 Å². The summed E-state index contributed by atoms with van der Waals surface area (Å²) >= 11 is 0. The summed E-state index contributed by atoms with van der Waals surface area (Å²) in [5.74, 6) is 0.559. The molecule has 0 spiro atoms. The number of piperidine rings is 1. The molecule has 26 heavy (non-hydrogen) atoms. The number of alkyl halides is 3. The Hall–Kier alpha value is -1.80. The first-order valence-corrected chi connectivity index (χ1v) is 8.84. The van der Waals surface area contributed by atoms with Crippen LogP contribution in [0.2, 0.25) is 0 Å². The molecule has 0 aromatic heterocycles. The minimum absolute atomic E-state index is 0.00331. The standard InChI is InChI=1S/C18H23F3N2O3/c19-18(20,21)14-3-5-15(6-4-14)26-12-13-2-1-8-23(11-13)17(24)16-10-22-7-9-25-16/h3-6,13,16,22H,1-2,7-12H2. The summed E-state index contributed by atoms with van der Waals surface area (Å²) in [6, 6.07) is 4.69. The molecule has 0 bridgehead atoms. The lowest BCUT2D eigenvalue weighted by Gasteiger charge is -2.35. The van der Waals surface area contributed by atoms with Crippen molar-refractivity contribution in [2.24, 2.45) is 5.92 Å². The van der Waals surface area contributed by atoms with Gasteiger partial charge < -0.3 is 19.7 Å². The van der Waals surface area contributed by atoms with E-state index >= 15 is 0 Å². The summed E-state index contributed by atoms with van der Waals surface area (Å²) in [6.07, 6.45) is -2.97. The molecule has 2 heterocycles. The Labute approximate surface area is 150 Å². The van der Waals surface area contributed by atoms with Crippen molar-refractivity contribution in [1.29, 1.82) is 0 Å². The fourth-order valence-corrected chi connectivity index (χ4v) is 3.28. The Kier molecular flexibility index (Phi) is 6.03. The van der Waals surface area contributed by atoms with Gasteiger partial charge in [-0.2, -0.15) is 13.2 Å². The van der Waals surface area contributed by atoms with Crippen LogP contribution in [0.15, 0.2) is 24.3 Å². The summed E-state index contributed by atoms with van der Waals surface area (Å²) in [6.45, 7) is 3.48. The fraction of sp³-hybridized carbons (Fsp3) is 0.611. The van der Waals surface area contributed by atoms with E-state index in [1.807, 2.05) is 4.90 Å². The van der Waals surface area contributed by atoms with Gasteiger partial charge in [-0.3, -0.25) is 4.79 Å². The molecule has 2 atom stereocenters. The van der Waals surface area contributed by atoms with Crippen LogP contribution >= 0.6 is 0 Å². The Bertz CT molecular complexity index is 601. The van der Waals surface area contributed by atoms with Crippen LogP contribution < -0.4 is 10.1 Å². The second-order valence-corrected chi connectivity index (χ2v) is 6.69. The number of halogens is 3. The average molecular weight is 372 g/mol. The highest BCUT2D eigenvalue weighted by Gasteiger charge is 2.31. The fourth-order valence-electron chi connectivity index (χ4n) is 3.28. The molecule has 1 aromatic carbocycles. The Morgan fingerprint density at radius 1 is 1.31 bits per heavy atom. The largest absolute Gasteiger partial charge is 0.493 e. The van der Waals surface area contributed by atoms with Gasteiger partial charge in [0.2, 0.25) is 0 Å². The quantitative estimate of drug-likeness (QED) is 0.881. The number of amides is 1. The zero-order valence-corrected chi connectivity index (χ0v) is 14.4. The number of hydrogen-bond donors (Lipinski definition) is 1. The Morgan fingerprint density at radius 2 is 2.08 bits per heavy atom. The van der Waals surface area contributed by atoms with Gasteiger partial charge in [-0.05, 0) is 37.1 Å². The van der Waals surface area contributed by atoms with E-state index in [1.165, 1.54) is 12.1 Å². The topological polar surface area (TPSA) is 50.8 Å². The first-order valence-electron chi connectivity index (χ1n) is 8.84. The summed E-state index contributed by atoms with van der Waals surface area (Å²) in [7, 11) is 0. The molecule has 0 aliphatic carbocycles. The van der Waals surface area contributed by atoms with Crippen LogP contribution in [-0.4, -0.2) is 56.3 Å². The van der Waals surface area contributed by atoms with E-state index in [0.29, 0.717) is 38.6 Å². The number of morpholine rings is 1. The lowest BCUT2D eigenvalue weighted by molar-refractivity contribution is -0.147. The van der Waals surface area contributed by atoms with Crippen molar-refractivity contribution in [2.45, 2.75) is 25.1 Å². The molecule has 1 amide bonds. The van der Waals surface area contributed by atoms with E-state index < -0.39 is 17.8 Å². The third-order valence-electron chi connectivity index (χ3n) is 4.70. The molecule has 2 aliphatic rings. The van der Waals surface area contributed by atoms with E-state index in [9.17, 15) is 18.0 Å². The minimum atomic E-state index is -4.35. The predicted molar refractivity (Wildman–Crippen MR) is 88.9 cm³/mol. The molecular weight excluding hydrogens is 349 g/mol. The molecule has 0 radical (unpaired) electrons. The van der Waals surface area contributed by atoms with Gasteiger partial charge in [0.1, 0.15) is 11.9 Å². The van der Waals surface area contributed by atoms with Gasteiger partial charge >= 0.3 is 6.18 Å². The second kappa shape index (κ2) is 8.26. The minimum Gasteiger partial charge on any atom is -0.493 e. The van der Waals surface area contributed by atoms with E-state index in [2.05, 4.69) is 5.32 Å². The zero-order chi connectivity index (χ0) is 18.6. The van der Waals surface area contributed by atoms with E-state index in [-0.39, 0.29) is 11.8 Å². The smallest absolute Gasteiger partial charge is 0.416 e. The molecule has 2 aliphatic heterocycles. The van der Waals surface area contributed by atoms with Crippen molar-refractivity contribution >= 4 is 5.91 Å². The number of nitrogens with zero attached hydrogens (tertiary/aromatic N) is 1. The van der Waals surface area contributed by atoms with Gasteiger partial charge in [-0.25, -0.2) is 0 Å². The van der Waals surface area contributed by atoms with Crippen molar-refractivity contribution in [3.05, 3.63) is 29.8 Å². The number of likely N-dealkylation sites (tertiary alicyclic amines) is 1. The number of hydrogen-bond acceptors (Lipinski definition) is 4. The van der Waals surface area contributed by atoms with Crippen LogP contribution in [0, 0.1) is 5.92 Å². The average Bonchev–Trinajstić information content (AvgIpc) is 2.66. The van der Waals surface area contributed by atoms with E-state index in [4.69, 9.17) is 9.47 Å². The third kappa shape index (κ3) is 4.88. The molecule has 8 heteroatoms. The van der Waals surface area contributed by atoms with Crippen LogP contribution in [0.25, 0.3) is 0 Å². The number of nitrogens with one attached hydrogen (secondary N) is 1. The van der Waals surface area contributed by atoms with E-state index in [0.717, 1.165) is 31.5 Å². The van der Waals surface area contributed by atoms with Crippen molar-refractivity contribution in [3.8, 4) is 5.75 Å². The van der Waals surface area contributed by atoms with Gasteiger partial charge in [0.05, 0.1) is 18.8 Å². The highest BCUT2D eigenvalue weighted by molar-refractivity contribution is 5.81. The normalized spacial score (nSPS) is 24.3. The maximum atomic E-state index is 12.6. The van der Waals surface area contributed by atoms with Crippen molar-refractivity contribution in [2.75, 3.05) is 39.4 Å². The summed E-state index contributed by atoms with van der Waals surface area (Å²) in [5, 5.41) is 3.15. The van der Waals surface area contributed by atoms with Crippen molar-refractivity contribution in [3.63, 3.8) is 0 Å². The molecule has 2 fully saturated rings. The number of rotatable bonds is 4. The number of carbonyl (C=O) groups is 1. The van der Waals surface area contributed by atoms with Gasteiger partial charge in [0.25, 0.3) is 5.91 Å². The molecular formula is C18H23F3N2O3. The van der Waals surface area contributed by atoms with Crippen LogP contribution in [0.3, 0.4) is 0 Å². The molecule has 1 N–H and O–H groups in total. The Balaban J connectivity index is 1.49. The van der Waals surface area contributed by atoms with Crippen LogP contribution in [0.1, 0.15) is 18.4 Å². The van der Waals surface area contributed by atoms with E-state index in [1.54, 1.807) is 0 Å². The molecule has 3 rings (SSSR count). The van der Waals surface area contributed by atoms with Crippen LogP contribution in [0.5, 0.6) is 5.75 Å². The number of benzene rings is 1. The second-order valence-electron chi connectivity index (χ2n) is 6.69. The van der Waals surface area contributed by atoms with Gasteiger partial charge in [0.15, 0.2) is 0 Å². The Morgan fingerprint density at radius 3 is 2.73 bits per heavy atom. The summed E-state index contributed by atoms with van der Waals surface area (Å²) in [4.78, 5) is 14.3. The highest BCUT2D eigenvalue weighted by atomic mass is 19.4. The molecule has 0 saturated carbocycles. The van der Waals surface area contributed by atoms with Crippen LogP contribution in [0.4, 0.5) is 13.2 Å². The zero-order valence-electron chi connectivity index (χ0n) is 14.4.